The summed E-state index contributed by atoms with van der Waals surface area (Å²) in [6.45, 7) is 6.18. The minimum Gasteiger partial charge on any atom is -0.348 e. The SMILES string of the molecule is CCn1c(=S)[nH]c2cc(C(=O)NCc3ccc(CN4CCCC4)cc3)ccc2c1=O. The van der Waals surface area contributed by atoms with Gasteiger partial charge in [0.1, 0.15) is 0 Å². The van der Waals surface area contributed by atoms with E-state index in [2.05, 4.69) is 39.5 Å². The minimum absolute atomic E-state index is 0.141. The van der Waals surface area contributed by atoms with E-state index in [4.69, 9.17) is 12.2 Å². The molecule has 4 rings (SSSR count). The average Bonchev–Trinajstić information content (AvgIpc) is 3.26. The summed E-state index contributed by atoms with van der Waals surface area (Å²) < 4.78 is 1.87. The second-order valence-electron chi connectivity index (χ2n) is 7.72. The number of rotatable bonds is 6. The number of carbonyl (C=O) groups is 1. The molecule has 0 saturated carbocycles. The molecule has 0 spiro atoms. The van der Waals surface area contributed by atoms with Crippen LogP contribution >= 0.6 is 12.2 Å². The smallest absolute Gasteiger partial charge is 0.262 e. The first-order valence-corrected chi connectivity index (χ1v) is 10.8. The van der Waals surface area contributed by atoms with Crippen molar-refractivity contribution in [3.8, 4) is 0 Å². The van der Waals surface area contributed by atoms with E-state index in [1.54, 1.807) is 18.2 Å². The van der Waals surface area contributed by atoms with E-state index in [-0.39, 0.29) is 11.5 Å². The first-order chi connectivity index (χ1) is 14.5. The second kappa shape index (κ2) is 8.93. The van der Waals surface area contributed by atoms with Crippen LogP contribution in [0.15, 0.2) is 47.3 Å². The van der Waals surface area contributed by atoms with Gasteiger partial charge in [-0.3, -0.25) is 19.1 Å². The van der Waals surface area contributed by atoms with Gasteiger partial charge < -0.3 is 10.3 Å². The van der Waals surface area contributed by atoms with Crippen LogP contribution in [-0.2, 0) is 19.6 Å². The zero-order valence-corrected chi connectivity index (χ0v) is 17.9. The average molecular weight is 423 g/mol. The Hall–Kier alpha value is -2.77. The number of hydrogen-bond donors (Lipinski definition) is 2. The van der Waals surface area contributed by atoms with E-state index in [1.165, 1.54) is 36.1 Å². The Morgan fingerprint density at radius 1 is 1.10 bits per heavy atom. The number of H-pyrrole nitrogens is 1. The maximum atomic E-state index is 12.6. The Labute approximate surface area is 180 Å². The lowest BCUT2D eigenvalue weighted by Crippen LogP contribution is -2.24. The van der Waals surface area contributed by atoms with E-state index in [0.29, 0.717) is 34.3 Å². The molecule has 1 aliphatic rings. The highest BCUT2D eigenvalue weighted by atomic mass is 32.1. The number of benzene rings is 2. The Morgan fingerprint density at radius 3 is 2.50 bits per heavy atom. The third-order valence-electron chi connectivity index (χ3n) is 5.64. The van der Waals surface area contributed by atoms with Gasteiger partial charge in [0.25, 0.3) is 11.5 Å². The van der Waals surface area contributed by atoms with Crippen LogP contribution in [0.1, 0.15) is 41.3 Å². The van der Waals surface area contributed by atoms with Crippen LogP contribution in [0.25, 0.3) is 10.9 Å². The Bertz CT molecular complexity index is 1170. The fourth-order valence-electron chi connectivity index (χ4n) is 3.93. The number of fused-ring (bicyclic) bond motifs is 1. The van der Waals surface area contributed by atoms with E-state index < -0.39 is 0 Å². The van der Waals surface area contributed by atoms with Crippen molar-refractivity contribution in [2.75, 3.05) is 13.1 Å². The molecule has 3 aromatic rings. The van der Waals surface area contributed by atoms with Crippen LogP contribution < -0.4 is 10.9 Å². The van der Waals surface area contributed by atoms with E-state index in [1.807, 2.05) is 6.92 Å². The molecule has 1 aromatic heterocycles. The molecule has 0 radical (unpaired) electrons. The molecule has 6 nitrogen and oxygen atoms in total. The highest BCUT2D eigenvalue weighted by Crippen LogP contribution is 2.14. The summed E-state index contributed by atoms with van der Waals surface area (Å²) in [7, 11) is 0. The van der Waals surface area contributed by atoms with Gasteiger partial charge >= 0.3 is 0 Å². The van der Waals surface area contributed by atoms with Gasteiger partial charge in [-0.15, -0.1) is 0 Å². The van der Waals surface area contributed by atoms with Crippen LogP contribution in [0.3, 0.4) is 0 Å². The van der Waals surface area contributed by atoms with Gasteiger partial charge in [0, 0.05) is 25.2 Å². The molecule has 0 bridgehead atoms. The quantitative estimate of drug-likeness (QED) is 0.596. The van der Waals surface area contributed by atoms with Crippen LogP contribution in [0.5, 0.6) is 0 Å². The lowest BCUT2D eigenvalue weighted by molar-refractivity contribution is 0.0951. The predicted octanol–water partition coefficient (Wildman–Crippen LogP) is 3.60. The first-order valence-electron chi connectivity index (χ1n) is 10.4. The summed E-state index contributed by atoms with van der Waals surface area (Å²) in [6, 6.07) is 13.4. The molecule has 1 amide bonds. The lowest BCUT2D eigenvalue weighted by atomic mass is 10.1. The molecule has 2 heterocycles. The maximum absolute atomic E-state index is 12.6. The molecule has 2 aromatic carbocycles. The van der Waals surface area contributed by atoms with Gasteiger partial charge in [0.05, 0.1) is 10.9 Å². The molecule has 2 N–H and O–H groups in total. The number of carbonyl (C=O) groups excluding carboxylic acids is 1. The molecule has 30 heavy (non-hydrogen) atoms. The summed E-state index contributed by atoms with van der Waals surface area (Å²) in [5, 5.41) is 3.48. The molecule has 1 fully saturated rings. The van der Waals surface area contributed by atoms with Gasteiger partial charge in [-0.2, -0.15) is 0 Å². The van der Waals surface area contributed by atoms with Crippen molar-refractivity contribution in [3.63, 3.8) is 0 Å². The summed E-state index contributed by atoms with van der Waals surface area (Å²) in [5.41, 5.74) is 3.28. The zero-order chi connectivity index (χ0) is 21.1. The Balaban J connectivity index is 1.43. The van der Waals surface area contributed by atoms with Crippen molar-refractivity contribution in [3.05, 3.63) is 74.3 Å². The molecule has 1 aliphatic heterocycles. The highest BCUT2D eigenvalue weighted by molar-refractivity contribution is 7.71. The topological polar surface area (TPSA) is 70.1 Å². The molecule has 0 unspecified atom stereocenters. The van der Waals surface area contributed by atoms with E-state index in [9.17, 15) is 9.59 Å². The van der Waals surface area contributed by atoms with Gasteiger partial charge in [-0.05, 0) is 74.4 Å². The second-order valence-corrected chi connectivity index (χ2v) is 8.11. The maximum Gasteiger partial charge on any atom is 0.262 e. The predicted molar refractivity (Wildman–Crippen MR) is 121 cm³/mol. The molecule has 0 aliphatic carbocycles. The normalized spacial score (nSPS) is 14.3. The number of likely N-dealkylation sites (tertiary alicyclic amines) is 1. The van der Waals surface area contributed by atoms with Gasteiger partial charge in [-0.25, -0.2) is 0 Å². The summed E-state index contributed by atoms with van der Waals surface area (Å²) in [6.07, 6.45) is 2.58. The minimum atomic E-state index is -0.183. The van der Waals surface area contributed by atoms with Crippen molar-refractivity contribution in [1.82, 2.24) is 19.8 Å². The summed E-state index contributed by atoms with van der Waals surface area (Å²) >= 11 is 5.25. The lowest BCUT2D eigenvalue weighted by Gasteiger charge is -2.14. The van der Waals surface area contributed by atoms with Crippen molar-refractivity contribution in [2.24, 2.45) is 0 Å². The number of aromatic amines is 1. The van der Waals surface area contributed by atoms with Gasteiger partial charge in [0.15, 0.2) is 4.77 Å². The summed E-state index contributed by atoms with van der Waals surface area (Å²) in [5.74, 6) is -0.183. The van der Waals surface area contributed by atoms with E-state index >= 15 is 0 Å². The molecular weight excluding hydrogens is 396 g/mol. The summed E-state index contributed by atoms with van der Waals surface area (Å²) in [4.78, 5) is 30.6. The number of aromatic nitrogens is 2. The van der Waals surface area contributed by atoms with Crippen molar-refractivity contribution in [1.29, 1.82) is 0 Å². The Kier molecular flexibility index (Phi) is 6.11. The first kappa shape index (κ1) is 20.5. The molecule has 1 saturated heterocycles. The van der Waals surface area contributed by atoms with Crippen molar-refractivity contribution in [2.45, 2.75) is 39.4 Å². The molecule has 156 valence electrons. The largest absolute Gasteiger partial charge is 0.348 e. The standard InChI is InChI=1S/C23H26N4O2S/c1-2-27-22(29)19-10-9-18(13-20(19)25-23(27)30)21(28)24-14-16-5-7-17(8-6-16)15-26-11-3-4-12-26/h5-10,13H,2-4,11-12,14-15H2,1H3,(H,24,28)(H,25,30). The highest BCUT2D eigenvalue weighted by Gasteiger charge is 2.12. The van der Waals surface area contributed by atoms with Gasteiger partial charge in [-0.1, -0.05) is 24.3 Å². The Morgan fingerprint density at radius 2 is 1.80 bits per heavy atom. The van der Waals surface area contributed by atoms with Crippen LogP contribution in [0.2, 0.25) is 0 Å². The molecule has 7 heteroatoms. The number of amides is 1. The number of nitrogens with zero attached hydrogens (tertiary/aromatic N) is 2. The third-order valence-corrected chi connectivity index (χ3v) is 5.96. The van der Waals surface area contributed by atoms with Crippen molar-refractivity contribution >= 4 is 29.0 Å². The fraction of sp³-hybridized carbons (Fsp3) is 0.348. The van der Waals surface area contributed by atoms with Crippen LogP contribution in [0, 0.1) is 4.77 Å². The zero-order valence-electron chi connectivity index (χ0n) is 17.1. The van der Waals surface area contributed by atoms with Crippen molar-refractivity contribution < 1.29 is 4.79 Å². The molecule has 0 atom stereocenters. The molecular formula is C23H26N4O2S. The number of hydrogen-bond acceptors (Lipinski definition) is 4. The van der Waals surface area contributed by atoms with E-state index in [0.717, 1.165) is 12.1 Å². The fourth-order valence-corrected chi connectivity index (χ4v) is 4.25. The van der Waals surface area contributed by atoms with Crippen LogP contribution in [0.4, 0.5) is 0 Å². The monoisotopic (exact) mass is 422 g/mol. The van der Waals surface area contributed by atoms with Crippen LogP contribution in [-0.4, -0.2) is 33.4 Å². The third kappa shape index (κ3) is 4.37. The van der Waals surface area contributed by atoms with Gasteiger partial charge in [0.2, 0.25) is 0 Å². The number of nitrogens with one attached hydrogen (secondary N) is 2.